The Morgan fingerprint density at radius 3 is 2.54 bits per heavy atom. The van der Waals surface area contributed by atoms with Crippen LogP contribution in [0.25, 0.3) is 0 Å². The van der Waals surface area contributed by atoms with Crippen molar-refractivity contribution in [1.82, 2.24) is 15.6 Å². The van der Waals surface area contributed by atoms with Crippen molar-refractivity contribution in [3.05, 3.63) is 81.7 Å². The van der Waals surface area contributed by atoms with Crippen molar-refractivity contribution in [2.75, 3.05) is 38.6 Å². The highest BCUT2D eigenvalue weighted by atomic mass is 32.1. The number of anilines is 1. The predicted molar refractivity (Wildman–Crippen MR) is 151 cm³/mol. The number of methoxy groups -OCH3 is 1. The number of hydrogen-bond donors (Lipinski definition) is 3. The Hall–Kier alpha value is -3.53. The van der Waals surface area contributed by atoms with Crippen LogP contribution in [-0.4, -0.2) is 56.2 Å². The van der Waals surface area contributed by atoms with Crippen molar-refractivity contribution in [3.63, 3.8) is 0 Å². The Bertz CT molecular complexity index is 1200. The zero-order valence-electron chi connectivity index (χ0n) is 21.8. The number of benzene rings is 2. The molecule has 0 aliphatic heterocycles. The lowest BCUT2D eigenvalue weighted by Gasteiger charge is -2.18. The minimum Gasteiger partial charge on any atom is -0.497 e. The van der Waals surface area contributed by atoms with Gasteiger partial charge in [-0.1, -0.05) is 26.0 Å². The van der Waals surface area contributed by atoms with Gasteiger partial charge in [-0.3, -0.25) is 9.59 Å². The first-order chi connectivity index (χ1) is 17.9. The predicted octanol–water partition coefficient (Wildman–Crippen LogP) is 4.51. The number of hydrogen-bond acceptors (Lipinski definition) is 7. The fourth-order valence-corrected chi connectivity index (χ4v) is 4.67. The van der Waals surface area contributed by atoms with Crippen LogP contribution in [0.1, 0.15) is 51.3 Å². The van der Waals surface area contributed by atoms with E-state index in [1.54, 1.807) is 19.4 Å². The second-order valence-electron chi connectivity index (χ2n) is 8.45. The van der Waals surface area contributed by atoms with Gasteiger partial charge in [-0.15, -0.1) is 11.3 Å². The maximum atomic E-state index is 13.0. The van der Waals surface area contributed by atoms with Gasteiger partial charge in [0.25, 0.3) is 11.8 Å². The highest BCUT2D eigenvalue weighted by Crippen LogP contribution is 2.28. The minimum atomic E-state index is -0.384. The van der Waals surface area contributed by atoms with E-state index in [2.05, 4.69) is 39.9 Å². The van der Waals surface area contributed by atoms with Crippen molar-refractivity contribution < 1.29 is 14.3 Å². The van der Waals surface area contributed by atoms with Gasteiger partial charge in [0.05, 0.1) is 18.9 Å². The molecule has 0 radical (unpaired) electrons. The van der Waals surface area contributed by atoms with Crippen molar-refractivity contribution in [3.8, 4) is 5.75 Å². The van der Waals surface area contributed by atoms with Gasteiger partial charge in [-0.05, 0) is 78.5 Å². The van der Waals surface area contributed by atoms with Crippen LogP contribution in [0, 0.1) is 6.92 Å². The first-order valence-corrected chi connectivity index (χ1v) is 13.2. The first-order valence-electron chi connectivity index (χ1n) is 12.3. The van der Waals surface area contributed by atoms with E-state index in [-0.39, 0.29) is 11.8 Å². The molecule has 3 aromatic rings. The number of nitrogens with zero attached hydrogens (tertiary/aromatic N) is 2. The Kier molecular flexibility index (Phi) is 10.8. The highest BCUT2D eigenvalue weighted by Gasteiger charge is 2.19. The Labute approximate surface area is 222 Å². The molecule has 196 valence electrons. The van der Waals surface area contributed by atoms with Crippen molar-refractivity contribution in [2.24, 2.45) is 5.10 Å². The van der Waals surface area contributed by atoms with E-state index < -0.39 is 0 Å². The minimum absolute atomic E-state index is 0.261. The van der Waals surface area contributed by atoms with E-state index in [1.807, 2.05) is 54.8 Å². The Morgan fingerprint density at radius 2 is 1.84 bits per heavy atom. The molecule has 2 aromatic carbocycles. The zero-order chi connectivity index (χ0) is 26.6. The number of hydrazone groups is 1. The molecule has 37 heavy (non-hydrogen) atoms. The number of amides is 2. The van der Waals surface area contributed by atoms with E-state index in [1.165, 1.54) is 11.3 Å². The third-order valence-electron chi connectivity index (χ3n) is 5.94. The second-order valence-corrected chi connectivity index (χ2v) is 9.33. The molecule has 0 unspecified atom stereocenters. The molecule has 0 aliphatic carbocycles. The molecule has 0 fully saturated rings. The zero-order valence-corrected chi connectivity index (χ0v) is 22.7. The molecular formula is C28H35N5O3S. The number of carbonyl (C=O) groups excluding carboxylic acids is 2. The standard InChI is InChI=1S/C28H35N5O3S/c1-5-33(6-2)15-14-29-17-22-8-7-9-23(16-22)26(34)31-28-25(20(3)19-37-28)27(35)32-30-18-21-10-12-24(36-4)13-11-21/h7-13,16,18-19,29H,5-6,14-15,17H2,1-4H3,(H,31,34)(H,32,35)/b30-18+. The number of rotatable bonds is 13. The van der Waals surface area contributed by atoms with Crippen molar-refractivity contribution in [2.45, 2.75) is 27.3 Å². The first kappa shape index (κ1) is 28.0. The van der Waals surface area contributed by atoms with Crippen LogP contribution in [0.2, 0.25) is 0 Å². The fourth-order valence-electron chi connectivity index (χ4n) is 3.74. The van der Waals surface area contributed by atoms with E-state index >= 15 is 0 Å². The number of nitrogens with one attached hydrogen (secondary N) is 3. The molecule has 2 amide bonds. The molecule has 1 aromatic heterocycles. The lowest BCUT2D eigenvalue weighted by Crippen LogP contribution is -2.31. The topological polar surface area (TPSA) is 95.1 Å². The van der Waals surface area contributed by atoms with Crippen LogP contribution >= 0.6 is 11.3 Å². The van der Waals surface area contributed by atoms with E-state index in [0.29, 0.717) is 22.7 Å². The summed E-state index contributed by atoms with van der Waals surface area (Å²) in [6.45, 7) is 10.8. The number of aryl methyl sites for hydroxylation is 1. The summed E-state index contributed by atoms with van der Waals surface area (Å²) >= 11 is 1.31. The Balaban J connectivity index is 1.59. The molecule has 0 spiro atoms. The lowest BCUT2D eigenvalue weighted by molar-refractivity contribution is 0.0956. The maximum Gasteiger partial charge on any atom is 0.274 e. The SMILES string of the molecule is CCN(CC)CCNCc1cccc(C(=O)Nc2scc(C)c2C(=O)N/N=C/c2ccc(OC)cc2)c1. The number of carbonyl (C=O) groups is 2. The van der Waals surface area contributed by atoms with Crippen molar-refractivity contribution >= 4 is 34.4 Å². The summed E-state index contributed by atoms with van der Waals surface area (Å²) in [5.41, 5.74) is 6.11. The third-order valence-corrected chi connectivity index (χ3v) is 6.96. The molecule has 9 heteroatoms. The van der Waals surface area contributed by atoms with Crippen LogP contribution in [0.5, 0.6) is 5.75 Å². The van der Waals surface area contributed by atoms with Gasteiger partial charge in [0, 0.05) is 25.2 Å². The largest absolute Gasteiger partial charge is 0.497 e. The molecule has 0 atom stereocenters. The molecule has 3 rings (SSSR count). The maximum absolute atomic E-state index is 13.0. The third kappa shape index (κ3) is 8.24. The summed E-state index contributed by atoms with van der Waals surface area (Å²) in [5, 5.41) is 12.7. The molecule has 0 saturated carbocycles. The molecule has 8 nitrogen and oxygen atoms in total. The average Bonchev–Trinajstić information content (AvgIpc) is 3.28. The molecule has 3 N–H and O–H groups in total. The molecule has 0 bridgehead atoms. The summed E-state index contributed by atoms with van der Waals surface area (Å²) in [6, 6.07) is 14.8. The van der Waals surface area contributed by atoms with E-state index in [4.69, 9.17) is 4.74 Å². The number of likely N-dealkylation sites (N-methyl/N-ethyl adjacent to an activating group) is 1. The summed E-state index contributed by atoms with van der Waals surface area (Å²) in [5.74, 6) is 0.0974. The van der Waals surface area contributed by atoms with Crippen molar-refractivity contribution in [1.29, 1.82) is 0 Å². The molecule has 0 aliphatic rings. The van der Waals surface area contributed by atoms with Crippen LogP contribution in [0.3, 0.4) is 0 Å². The fraction of sp³-hybridized carbons (Fsp3) is 0.321. The summed E-state index contributed by atoms with van der Waals surface area (Å²) in [6.07, 6.45) is 1.55. The number of thiophene rings is 1. The molecular weight excluding hydrogens is 486 g/mol. The van der Waals surface area contributed by atoms with Gasteiger partial charge in [0.2, 0.25) is 0 Å². The van der Waals surface area contributed by atoms with Gasteiger partial charge in [0.1, 0.15) is 10.8 Å². The molecule has 0 saturated heterocycles. The lowest BCUT2D eigenvalue weighted by atomic mass is 10.1. The van der Waals surface area contributed by atoms with Gasteiger partial charge < -0.3 is 20.3 Å². The summed E-state index contributed by atoms with van der Waals surface area (Å²) < 4.78 is 5.14. The number of ether oxygens (including phenoxy) is 1. The summed E-state index contributed by atoms with van der Waals surface area (Å²) in [4.78, 5) is 28.2. The van der Waals surface area contributed by atoms with Gasteiger partial charge in [-0.2, -0.15) is 5.10 Å². The Morgan fingerprint density at radius 1 is 1.08 bits per heavy atom. The van der Waals surface area contributed by atoms with Crippen LogP contribution in [-0.2, 0) is 6.54 Å². The molecule has 1 heterocycles. The van der Waals surface area contributed by atoms with Gasteiger partial charge >= 0.3 is 0 Å². The van der Waals surface area contributed by atoms with Crippen LogP contribution < -0.4 is 20.8 Å². The quantitative estimate of drug-likeness (QED) is 0.175. The highest BCUT2D eigenvalue weighted by molar-refractivity contribution is 7.15. The van der Waals surface area contributed by atoms with E-state index in [0.717, 1.165) is 48.6 Å². The smallest absolute Gasteiger partial charge is 0.274 e. The van der Waals surface area contributed by atoms with Crippen LogP contribution in [0.4, 0.5) is 5.00 Å². The van der Waals surface area contributed by atoms with E-state index in [9.17, 15) is 9.59 Å². The van der Waals surface area contributed by atoms with Crippen LogP contribution in [0.15, 0.2) is 59.0 Å². The van der Waals surface area contributed by atoms with Gasteiger partial charge in [0.15, 0.2) is 0 Å². The normalized spacial score (nSPS) is 11.2. The monoisotopic (exact) mass is 521 g/mol. The average molecular weight is 522 g/mol. The second kappa shape index (κ2) is 14.3. The van der Waals surface area contributed by atoms with Gasteiger partial charge in [-0.25, -0.2) is 5.43 Å². The summed E-state index contributed by atoms with van der Waals surface area (Å²) in [7, 11) is 1.60.